The second-order valence-corrected chi connectivity index (χ2v) is 6.16. The van der Waals surface area contributed by atoms with Gasteiger partial charge in [-0.3, -0.25) is 0 Å². The van der Waals surface area contributed by atoms with Gasteiger partial charge in [-0.25, -0.2) is 0 Å². The number of nitrogens with zero attached hydrogens (tertiary/aromatic N) is 1. The maximum Gasteiger partial charge on any atom is 0.0881 e. The number of hydrogen-bond acceptors (Lipinski definition) is 4. The van der Waals surface area contributed by atoms with E-state index >= 15 is 0 Å². The number of aliphatic hydroxyl groups is 2. The van der Waals surface area contributed by atoms with E-state index in [-0.39, 0.29) is 12.0 Å². The summed E-state index contributed by atoms with van der Waals surface area (Å²) in [6, 6.07) is 0. The van der Waals surface area contributed by atoms with Crippen LogP contribution in [0.1, 0.15) is 25.7 Å². The van der Waals surface area contributed by atoms with Gasteiger partial charge in [0.25, 0.3) is 0 Å². The molecule has 4 nitrogen and oxygen atoms in total. The van der Waals surface area contributed by atoms with E-state index in [1.165, 1.54) is 0 Å². The average molecular weight is 240 g/mol. The number of hydrogen-bond donors (Lipinski definition) is 3. The lowest BCUT2D eigenvalue weighted by atomic mass is 9.57. The van der Waals surface area contributed by atoms with Crippen molar-refractivity contribution in [3.8, 4) is 0 Å². The highest BCUT2D eigenvalue weighted by Gasteiger charge is 2.58. The zero-order valence-electron chi connectivity index (χ0n) is 10.5. The lowest BCUT2D eigenvalue weighted by molar-refractivity contribution is -0.207. The van der Waals surface area contributed by atoms with E-state index in [2.05, 4.69) is 10.2 Å². The van der Waals surface area contributed by atoms with Gasteiger partial charge in [0, 0.05) is 12.0 Å². The van der Waals surface area contributed by atoms with Crippen LogP contribution in [-0.4, -0.2) is 60.0 Å². The first kappa shape index (κ1) is 11.9. The van der Waals surface area contributed by atoms with Crippen LogP contribution in [0.4, 0.5) is 0 Å². The minimum absolute atomic E-state index is 0.134. The van der Waals surface area contributed by atoms with Gasteiger partial charge >= 0.3 is 0 Å². The summed E-state index contributed by atoms with van der Waals surface area (Å²) in [5, 5.41) is 24.4. The van der Waals surface area contributed by atoms with Gasteiger partial charge in [-0.1, -0.05) is 0 Å². The fourth-order valence-electron chi connectivity index (χ4n) is 4.27. The van der Waals surface area contributed by atoms with Crippen LogP contribution in [0.15, 0.2) is 0 Å². The molecule has 2 bridgehead atoms. The molecule has 1 atom stereocenters. The molecule has 4 saturated heterocycles. The maximum absolute atomic E-state index is 11.2. The first-order valence-corrected chi connectivity index (χ1v) is 6.97. The third-order valence-corrected chi connectivity index (χ3v) is 5.51. The fourth-order valence-corrected chi connectivity index (χ4v) is 4.27. The lowest BCUT2D eigenvalue weighted by Crippen LogP contribution is -2.69. The van der Waals surface area contributed by atoms with E-state index in [0.29, 0.717) is 5.92 Å². The van der Waals surface area contributed by atoms with Gasteiger partial charge in [-0.15, -0.1) is 0 Å². The summed E-state index contributed by atoms with van der Waals surface area (Å²) in [6.45, 7) is 5.03. The van der Waals surface area contributed by atoms with E-state index in [1.54, 1.807) is 0 Å². The summed E-state index contributed by atoms with van der Waals surface area (Å²) in [5.41, 5.74) is -0.914. The number of piperidine rings is 4. The zero-order chi connectivity index (χ0) is 11.9. The van der Waals surface area contributed by atoms with E-state index in [0.717, 1.165) is 58.4 Å². The molecule has 1 unspecified atom stereocenters. The van der Waals surface area contributed by atoms with Crippen LogP contribution in [0.25, 0.3) is 0 Å². The van der Waals surface area contributed by atoms with Gasteiger partial charge in [0.2, 0.25) is 0 Å². The molecule has 0 aromatic carbocycles. The van der Waals surface area contributed by atoms with Gasteiger partial charge < -0.3 is 20.4 Å². The number of aliphatic hydroxyl groups excluding tert-OH is 1. The number of rotatable bonds is 2. The molecule has 4 heterocycles. The third kappa shape index (κ3) is 1.65. The van der Waals surface area contributed by atoms with E-state index in [1.807, 2.05) is 0 Å². The lowest BCUT2D eigenvalue weighted by Gasteiger charge is -2.59. The molecular formula is C13H24N2O2. The Morgan fingerprint density at radius 1 is 1.18 bits per heavy atom. The van der Waals surface area contributed by atoms with Gasteiger partial charge in [0.15, 0.2) is 0 Å². The summed E-state index contributed by atoms with van der Waals surface area (Å²) in [7, 11) is 0. The summed E-state index contributed by atoms with van der Waals surface area (Å²) in [4.78, 5) is 2.37. The van der Waals surface area contributed by atoms with E-state index < -0.39 is 5.60 Å². The van der Waals surface area contributed by atoms with Crippen LogP contribution in [0.3, 0.4) is 0 Å². The summed E-state index contributed by atoms with van der Waals surface area (Å²) in [5.74, 6) is 0.401. The molecule has 4 fully saturated rings. The van der Waals surface area contributed by atoms with Crippen molar-refractivity contribution in [3.63, 3.8) is 0 Å². The quantitative estimate of drug-likeness (QED) is 0.626. The molecule has 98 valence electrons. The van der Waals surface area contributed by atoms with E-state index in [9.17, 15) is 10.2 Å². The molecular weight excluding hydrogens is 216 g/mol. The summed E-state index contributed by atoms with van der Waals surface area (Å²) in [6.07, 6.45) is 4.02. The zero-order valence-corrected chi connectivity index (χ0v) is 10.5. The van der Waals surface area contributed by atoms with Crippen molar-refractivity contribution in [2.75, 3.05) is 39.3 Å². The monoisotopic (exact) mass is 240 g/mol. The van der Waals surface area contributed by atoms with Crippen molar-refractivity contribution in [3.05, 3.63) is 0 Å². The predicted octanol–water partition coefficient (Wildman–Crippen LogP) is -0.195. The second-order valence-electron chi connectivity index (χ2n) is 6.16. The first-order chi connectivity index (χ1) is 8.20. The summed E-state index contributed by atoms with van der Waals surface area (Å²) < 4.78 is 0. The Morgan fingerprint density at radius 2 is 1.82 bits per heavy atom. The predicted molar refractivity (Wildman–Crippen MR) is 65.7 cm³/mol. The molecule has 0 aromatic rings. The van der Waals surface area contributed by atoms with Gasteiger partial charge in [0.05, 0.1) is 12.2 Å². The average Bonchev–Trinajstić information content (AvgIpc) is 2.40. The number of fused-ring (bicyclic) bond motifs is 3. The minimum atomic E-state index is -0.652. The Bertz CT molecular complexity index is 283. The summed E-state index contributed by atoms with van der Waals surface area (Å²) >= 11 is 0. The topological polar surface area (TPSA) is 55.7 Å². The highest BCUT2D eigenvalue weighted by molar-refractivity contribution is 5.10. The Kier molecular flexibility index (Phi) is 2.94. The number of nitrogens with one attached hydrogen (secondary N) is 1. The van der Waals surface area contributed by atoms with Gasteiger partial charge in [-0.2, -0.15) is 0 Å². The first-order valence-electron chi connectivity index (χ1n) is 6.97. The van der Waals surface area contributed by atoms with Crippen molar-refractivity contribution in [2.45, 2.75) is 31.3 Å². The molecule has 0 spiro atoms. The third-order valence-electron chi connectivity index (χ3n) is 5.51. The Balaban J connectivity index is 1.89. The van der Waals surface area contributed by atoms with Crippen LogP contribution in [0, 0.1) is 11.3 Å². The maximum atomic E-state index is 11.2. The molecule has 3 N–H and O–H groups in total. The molecule has 4 heteroatoms. The molecule has 4 rings (SSSR count). The van der Waals surface area contributed by atoms with Crippen LogP contribution in [0.2, 0.25) is 0 Å². The van der Waals surface area contributed by atoms with Crippen LogP contribution in [0.5, 0.6) is 0 Å². The Morgan fingerprint density at radius 3 is 2.29 bits per heavy atom. The normalized spacial score (nSPS) is 44.8. The Labute approximate surface area is 103 Å². The highest BCUT2D eigenvalue weighted by atomic mass is 16.3. The minimum Gasteiger partial charge on any atom is -0.396 e. The highest BCUT2D eigenvalue weighted by Crippen LogP contribution is 2.50. The molecule has 0 saturated carbocycles. The van der Waals surface area contributed by atoms with Crippen molar-refractivity contribution in [1.29, 1.82) is 0 Å². The molecule has 0 aromatic heterocycles. The van der Waals surface area contributed by atoms with E-state index in [4.69, 9.17) is 0 Å². The van der Waals surface area contributed by atoms with Crippen LogP contribution < -0.4 is 5.32 Å². The smallest absolute Gasteiger partial charge is 0.0881 e. The molecule has 0 radical (unpaired) electrons. The molecule has 17 heavy (non-hydrogen) atoms. The standard InChI is InChI=1S/C13H24N2O2/c16-10-12(3-5-14-6-4-12)13(17)9-15-7-1-11(13)2-8-15/h11,14,16-17H,1-10H2. The van der Waals surface area contributed by atoms with Crippen LogP contribution in [-0.2, 0) is 0 Å². The Hall–Kier alpha value is -0.160. The van der Waals surface area contributed by atoms with Gasteiger partial charge in [-0.05, 0) is 57.8 Å². The molecule has 4 aliphatic rings. The van der Waals surface area contributed by atoms with Crippen molar-refractivity contribution < 1.29 is 10.2 Å². The SMILES string of the molecule is OCC1(C2(O)CN3CCC2CC3)CCNCC1. The van der Waals surface area contributed by atoms with Gasteiger partial charge in [0.1, 0.15) is 0 Å². The molecule has 0 amide bonds. The van der Waals surface area contributed by atoms with Crippen molar-refractivity contribution >= 4 is 0 Å². The van der Waals surface area contributed by atoms with Crippen molar-refractivity contribution in [2.24, 2.45) is 11.3 Å². The van der Waals surface area contributed by atoms with Crippen molar-refractivity contribution in [1.82, 2.24) is 10.2 Å². The largest absolute Gasteiger partial charge is 0.396 e. The molecule has 0 aliphatic carbocycles. The second kappa shape index (κ2) is 4.19. The fraction of sp³-hybridized carbons (Fsp3) is 1.00. The molecule has 4 aliphatic heterocycles. The van der Waals surface area contributed by atoms with Crippen LogP contribution >= 0.6 is 0 Å².